The number of carbonyl (C=O) groups excluding carboxylic acids is 1. The van der Waals surface area contributed by atoms with Gasteiger partial charge in [-0.2, -0.15) is 0 Å². The summed E-state index contributed by atoms with van der Waals surface area (Å²) in [7, 11) is 0. The van der Waals surface area contributed by atoms with Crippen molar-refractivity contribution in [1.82, 2.24) is 0 Å². The van der Waals surface area contributed by atoms with Crippen LogP contribution in [0.5, 0.6) is 0 Å². The van der Waals surface area contributed by atoms with Crippen molar-refractivity contribution in [3.8, 4) is 0 Å². The number of ketones is 1. The molecule has 0 saturated carbocycles. The van der Waals surface area contributed by atoms with Gasteiger partial charge in [0.15, 0.2) is 5.78 Å². The third-order valence-corrected chi connectivity index (χ3v) is 5.01. The Labute approximate surface area is 152 Å². The molecule has 2 aliphatic rings. The SMILES string of the molecule is O=C1C=C2C(=Cc3ccccc32)C(c2ccccc2)=C1c1ccccc1. The number of hydrogen-bond acceptors (Lipinski definition) is 1. The van der Waals surface area contributed by atoms with E-state index in [9.17, 15) is 4.79 Å². The molecule has 26 heavy (non-hydrogen) atoms. The smallest absolute Gasteiger partial charge is 0.187 e. The molecule has 122 valence electrons. The molecule has 3 aromatic rings. The maximum absolute atomic E-state index is 13.2. The molecule has 0 aliphatic heterocycles. The average molecular weight is 332 g/mol. The Balaban J connectivity index is 1.82. The van der Waals surface area contributed by atoms with E-state index in [1.54, 1.807) is 6.08 Å². The van der Waals surface area contributed by atoms with E-state index in [0.717, 1.165) is 39.0 Å². The molecule has 0 unspecified atom stereocenters. The molecule has 0 bridgehead atoms. The molecule has 0 radical (unpaired) electrons. The molecule has 0 atom stereocenters. The monoisotopic (exact) mass is 332 g/mol. The molecule has 0 amide bonds. The van der Waals surface area contributed by atoms with Gasteiger partial charge in [0.1, 0.15) is 0 Å². The van der Waals surface area contributed by atoms with Gasteiger partial charge in [0.2, 0.25) is 0 Å². The van der Waals surface area contributed by atoms with Crippen LogP contribution in [0.25, 0.3) is 22.8 Å². The summed E-state index contributed by atoms with van der Waals surface area (Å²) in [5.41, 5.74) is 8.31. The molecule has 1 heteroatoms. The summed E-state index contributed by atoms with van der Waals surface area (Å²) in [6.45, 7) is 0. The van der Waals surface area contributed by atoms with Gasteiger partial charge in [0.25, 0.3) is 0 Å². The molecule has 2 aliphatic carbocycles. The van der Waals surface area contributed by atoms with Crippen molar-refractivity contribution in [2.45, 2.75) is 0 Å². The van der Waals surface area contributed by atoms with Crippen molar-refractivity contribution in [1.29, 1.82) is 0 Å². The highest BCUT2D eigenvalue weighted by molar-refractivity contribution is 6.41. The van der Waals surface area contributed by atoms with E-state index < -0.39 is 0 Å². The summed E-state index contributed by atoms with van der Waals surface area (Å²) in [4.78, 5) is 13.2. The lowest BCUT2D eigenvalue weighted by molar-refractivity contribution is -0.109. The molecule has 1 nitrogen and oxygen atoms in total. The predicted molar refractivity (Wildman–Crippen MR) is 107 cm³/mol. The van der Waals surface area contributed by atoms with Gasteiger partial charge in [-0.05, 0) is 45.6 Å². The Bertz CT molecular complexity index is 1110. The van der Waals surface area contributed by atoms with Crippen molar-refractivity contribution >= 4 is 28.6 Å². The van der Waals surface area contributed by atoms with E-state index in [1.807, 2.05) is 60.7 Å². The van der Waals surface area contributed by atoms with Gasteiger partial charge in [-0.15, -0.1) is 0 Å². The summed E-state index contributed by atoms with van der Waals surface area (Å²) in [5, 5.41) is 0. The molecular formula is C25H16O. The highest BCUT2D eigenvalue weighted by Crippen LogP contribution is 2.48. The highest BCUT2D eigenvalue weighted by atomic mass is 16.1. The van der Waals surface area contributed by atoms with Crippen LogP contribution < -0.4 is 0 Å². The Hall–Kier alpha value is -3.45. The normalized spacial score (nSPS) is 15.3. The topological polar surface area (TPSA) is 17.1 Å². The summed E-state index contributed by atoms with van der Waals surface area (Å²) < 4.78 is 0. The van der Waals surface area contributed by atoms with Crippen LogP contribution >= 0.6 is 0 Å². The summed E-state index contributed by atoms with van der Waals surface area (Å²) >= 11 is 0. The summed E-state index contributed by atoms with van der Waals surface area (Å²) in [6.07, 6.45) is 4.01. The van der Waals surface area contributed by atoms with Gasteiger partial charge in [-0.25, -0.2) is 0 Å². The zero-order chi connectivity index (χ0) is 17.5. The molecule has 0 spiro atoms. The fourth-order valence-electron chi connectivity index (χ4n) is 3.87. The molecule has 0 N–H and O–H groups in total. The Morgan fingerprint density at radius 2 is 1.08 bits per heavy atom. The van der Waals surface area contributed by atoms with E-state index >= 15 is 0 Å². The van der Waals surface area contributed by atoms with Crippen LogP contribution in [-0.4, -0.2) is 5.78 Å². The number of rotatable bonds is 2. The Morgan fingerprint density at radius 1 is 0.500 bits per heavy atom. The second kappa shape index (κ2) is 5.82. The quantitative estimate of drug-likeness (QED) is 0.592. The van der Waals surface area contributed by atoms with Gasteiger partial charge >= 0.3 is 0 Å². The third kappa shape index (κ3) is 2.21. The minimum absolute atomic E-state index is 0.0684. The first-order chi connectivity index (χ1) is 12.8. The number of carbonyl (C=O) groups is 1. The van der Waals surface area contributed by atoms with Gasteiger partial charge in [0, 0.05) is 11.1 Å². The lowest BCUT2D eigenvalue weighted by Gasteiger charge is -2.22. The Morgan fingerprint density at radius 3 is 1.77 bits per heavy atom. The number of fused-ring (bicyclic) bond motifs is 3. The van der Waals surface area contributed by atoms with Gasteiger partial charge < -0.3 is 0 Å². The molecule has 0 fully saturated rings. The van der Waals surface area contributed by atoms with E-state index in [4.69, 9.17) is 0 Å². The molecule has 0 heterocycles. The Kier molecular flexibility index (Phi) is 3.32. The van der Waals surface area contributed by atoms with E-state index in [1.165, 1.54) is 5.56 Å². The zero-order valence-corrected chi connectivity index (χ0v) is 14.1. The van der Waals surface area contributed by atoms with Gasteiger partial charge in [-0.3, -0.25) is 4.79 Å². The number of hydrogen-bond donors (Lipinski definition) is 0. The first-order valence-corrected chi connectivity index (χ1v) is 8.76. The third-order valence-electron chi connectivity index (χ3n) is 5.01. The maximum atomic E-state index is 13.2. The summed E-state index contributed by atoms with van der Waals surface area (Å²) in [6, 6.07) is 28.4. The second-order valence-electron chi connectivity index (χ2n) is 6.55. The molecule has 0 saturated heterocycles. The van der Waals surface area contributed by atoms with Crippen molar-refractivity contribution < 1.29 is 4.79 Å². The van der Waals surface area contributed by atoms with E-state index in [-0.39, 0.29) is 5.78 Å². The zero-order valence-electron chi connectivity index (χ0n) is 14.1. The van der Waals surface area contributed by atoms with Crippen LogP contribution in [0.3, 0.4) is 0 Å². The number of allylic oxidation sites excluding steroid dienone is 5. The van der Waals surface area contributed by atoms with Crippen molar-refractivity contribution in [3.63, 3.8) is 0 Å². The van der Waals surface area contributed by atoms with Crippen molar-refractivity contribution in [2.75, 3.05) is 0 Å². The molecule has 3 aromatic carbocycles. The van der Waals surface area contributed by atoms with Crippen LogP contribution in [0.15, 0.2) is 96.6 Å². The average Bonchev–Trinajstić information content (AvgIpc) is 3.06. The summed E-state index contributed by atoms with van der Waals surface area (Å²) in [5.74, 6) is 0.0684. The van der Waals surface area contributed by atoms with Gasteiger partial charge in [-0.1, -0.05) is 84.9 Å². The van der Waals surface area contributed by atoms with Crippen LogP contribution in [0.1, 0.15) is 22.3 Å². The van der Waals surface area contributed by atoms with Gasteiger partial charge in [0.05, 0.1) is 0 Å². The fraction of sp³-hybridized carbons (Fsp3) is 0. The van der Waals surface area contributed by atoms with Crippen LogP contribution in [0.4, 0.5) is 0 Å². The minimum Gasteiger partial charge on any atom is -0.289 e. The van der Waals surface area contributed by atoms with Crippen LogP contribution in [-0.2, 0) is 4.79 Å². The standard InChI is InChI=1S/C25H16O/c26-23-16-21-20-14-8-7-13-19(20)15-22(21)24(17-9-3-1-4-10-17)25(23)18-11-5-2-6-12-18/h1-16H. The molecular weight excluding hydrogens is 316 g/mol. The van der Waals surface area contributed by atoms with Crippen molar-refractivity contribution in [3.05, 3.63) is 119 Å². The predicted octanol–water partition coefficient (Wildman–Crippen LogP) is 5.66. The number of benzene rings is 3. The second-order valence-corrected chi connectivity index (χ2v) is 6.55. The largest absolute Gasteiger partial charge is 0.289 e. The molecule has 5 rings (SSSR count). The molecule has 0 aromatic heterocycles. The van der Waals surface area contributed by atoms with Crippen molar-refractivity contribution in [2.24, 2.45) is 0 Å². The highest BCUT2D eigenvalue weighted by Gasteiger charge is 2.31. The first kappa shape index (κ1) is 14.9. The van der Waals surface area contributed by atoms with Crippen LogP contribution in [0, 0.1) is 0 Å². The van der Waals surface area contributed by atoms with Crippen LogP contribution in [0.2, 0.25) is 0 Å². The first-order valence-electron chi connectivity index (χ1n) is 8.76. The van der Waals surface area contributed by atoms with E-state index in [0.29, 0.717) is 0 Å². The minimum atomic E-state index is 0.0684. The lowest BCUT2D eigenvalue weighted by Crippen LogP contribution is -2.10. The fourth-order valence-corrected chi connectivity index (χ4v) is 3.87. The lowest BCUT2D eigenvalue weighted by atomic mass is 9.80. The van der Waals surface area contributed by atoms with E-state index in [2.05, 4.69) is 30.3 Å². The maximum Gasteiger partial charge on any atom is 0.187 e.